The molecule has 0 spiro atoms. The lowest BCUT2D eigenvalue weighted by Crippen LogP contribution is -2.20. The molecule has 1 heteroatoms. The van der Waals surface area contributed by atoms with Gasteiger partial charge in [0.05, 0.1) is 0 Å². The maximum Gasteiger partial charge on any atom is 0.0234 e. The van der Waals surface area contributed by atoms with Crippen molar-refractivity contribution >= 4 is 0 Å². The molecule has 0 amide bonds. The summed E-state index contributed by atoms with van der Waals surface area (Å²) in [7, 11) is 0. The van der Waals surface area contributed by atoms with Crippen molar-refractivity contribution in [2.45, 2.75) is 33.7 Å². The number of benzene rings is 1. The molecule has 0 radical (unpaired) electrons. The fourth-order valence-corrected chi connectivity index (χ4v) is 2.58. The predicted octanol–water partition coefficient (Wildman–Crippen LogP) is 3.34. The standard InChI is InChI=1S/C15H23N/c1-4-14-6-5-7-15(8-14)11-16-9-12(2)13(3)10-16/h5-8,12-13H,4,9-11H2,1-3H3/t12-,13+. The molecule has 1 aliphatic rings. The molecule has 1 nitrogen and oxygen atoms in total. The van der Waals surface area contributed by atoms with E-state index < -0.39 is 0 Å². The molecule has 1 aromatic rings. The maximum atomic E-state index is 2.59. The van der Waals surface area contributed by atoms with Gasteiger partial charge in [-0.15, -0.1) is 0 Å². The number of aryl methyl sites for hydroxylation is 1. The van der Waals surface area contributed by atoms with Crippen LogP contribution in [0.15, 0.2) is 24.3 Å². The normalized spacial score (nSPS) is 26.2. The Morgan fingerprint density at radius 3 is 2.38 bits per heavy atom. The van der Waals surface area contributed by atoms with Crippen molar-refractivity contribution in [3.8, 4) is 0 Å². The number of likely N-dealkylation sites (tertiary alicyclic amines) is 1. The lowest BCUT2D eigenvalue weighted by Gasteiger charge is -2.15. The smallest absolute Gasteiger partial charge is 0.0234 e. The SMILES string of the molecule is CCc1cccc(CN2C[C@@H](C)[C@@H](C)C2)c1. The second kappa shape index (κ2) is 5.01. The van der Waals surface area contributed by atoms with Crippen molar-refractivity contribution in [1.82, 2.24) is 4.90 Å². The molecule has 0 aliphatic carbocycles. The van der Waals surface area contributed by atoms with Crippen LogP contribution < -0.4 is 0 Å². The summed E-state index contributed by atoms with van der Waals surface area (Å²) in [6.07, 6.45) is 1.14. The van der Waals surface area contributed by atoms with Gasteiger partial charge in [-0.05, 0) is 29.4 Å². The van der Waals surface area contributed by atoms with Crippen molar-refractivity contribution in [1.29, 1.82) is 0 Å². The Kier molecular flexibility index (Phi) is 3.65. The Balaban J connectivity index is 1.99. The molecule has 2 atom stereocenters. The molecule has 0 saturated carbocycles. The van der Waals surface area contributed by atoms with Gasteiger partial charge in [0.15, 0.2) is 0 Å². The zero-order valence-corrected chi connectivity index (χ0v) is 10.7. The molecule has 0 N–H and O–H groups in total. The molecule has 2 rings (SSSR count). The highest BCUT2D eigenvalue weighted by atomic mass is 15.1. The Hall–Kier alpha value is -0.820. The predicted molar refractivity (Wildman–Crippen MR) is 69.4 cm³/mol. The van der Waals surface area contributed by atoms with Crippen molar-refractivity contribution < 1.29 is 0 Å². The molecule has 88 valence electrons. The summed E-state index contributed by atoms with van der Waals surface area (Å²) in [5, 5.41) is 0. The van der Waals surface area contributed by atoms with Crippen molar-refractivity contribution in [2.75, 3.05) is 13.1 Å². The van der Waals surface area contributed by atoms with E-state index in [4.69, 9.17) is 0 Å². The number of hydrogen-bond acceptors (Lipinski definition) is 1. The minimum absolute atomic E-state index is 0.856. The Bertz CT molecular complexity index is 335. The van der Waals surface area contributed by atoms with Crippen LogP contribution in [0.4, 0.5) is 0 Å². The van der Waals surface area contributed by atoms with Crippen LogP contribution in [0.3, 0.4) is 0 Å². The summed E-state index contributed by atoms with van der Waals surface area (Å²) in [4.78, 5) is 2.59. The second-order valence-electron chi connectivity index (χ2n) is 5.32. The summed E-state index contributed by atoms with van der Waals surface area (Å²) in [6, 6.07) is 9.02. The molecule has 0 aromatic heterocycles. The maximum absolute atomic E-state index is 2.59. The molecular formula is C15H23N. The first-order valence-electron chi connectivity index (χ1n) is 6.49. The van der Waals surface area contributed by atoms with E-state index in [2.05, 4.69) is 49.9 Å². The van der Waals surface area contributed by atoms with Crippen molar-refractivity contribution in [3.05, 3.63) is 35.4 Å². The van der Waals surface area contributed by atoms with Gasteiger partial charge >= 0.3 is 0 Å². The average Bonchev–Trinajstić information content (AvgIpc) is 2.58. The van der Waals surface area contributed by atoms with Crippen molar-refractivity contribution in [2.24, 2.45) is 11.8 Å². The second-order valence-corrected chi connectivity index (χ2v) is 5.32. The van der Waals surface area contributed by atoms with Gasteiger partial charge in [-0.2, -0.15) is 0 Å². The lowest BCUT2D eigenvalue weighted by molar-refractivity contribution is 0.316. The minimum atomic E-state index is 0.856. The zero-order valence-electron chi connectivity index (χ0n) is 10.7. The van der Waals surface area contributed by atoms with Gasteiger partial charge in [-0.25, -0.2) is 0 Å². The summed E-state index contributed by atoms with van der Waals surface area (Å²) in [5.41, 5.74) is 2.93. The zero-order chi connectivity index (χ0) is 11.5. The number of hydrogen-bond donors (Lipinski definition) is 0. The molecule has 1 fully saturated rings. The lowest BCUT2D eigenvalue weighted by atomic mass is 10.0. The summed E-state index contributed by atoms with van der Waals surface area (Å²) in [5.74, 6) is 1.71. The highest BCUT2D eigenvalue weighted by Gasteiger charge is 2.25. The van der Waals surface area contributed by atoms with Gasteiger partial charge in [0.25, 0.3) is 0 Å². The van der Waals surface area contributed by atoms with E-state index in [1.807, 2.05) is 0 Å². The minimum Gasteiger partial charge on any atom is -0.299 e. The van der Waals surface area contributed by atoms with Crippen LogP contribution in [0.1, 0.15) is 31.9 Å². The average molecular weight is 217 g/mol. The third-order valence-electron chi connectivity index (χ3n) is 3.87. The van der Waals surface area contributed by atoms with E-state index in [9.17, 15) is 0 Å². The number of rotatable bonds is 3. The fourth-order valence-electron chi connectivity index (χ4n) is 2.58. The molecular weight excluding hydrogens is 194 g/mol. The van der Waals surface area contributed by atoms with Gasteiger partial charge in [0.2, 0.25) is 0 Å². The topological polar surface area (TPSA) is 3.24 Å². The largest absolute Gasteiger partial charge is 0.299 e. The molecule has 16 heavy (non-hydrogen) atoms. The van der Waals surface area contributed by atoms with Crippen LogP contribution >= 0.6 is 0 Å². The number of nitrogens with zero attached hydrogens (tertiary/aromatic N) is 1. The van der Waals surface area contributed by atoms with Crippen molar-refractivity contribution in [3.63, 3.8) is 0 Å². The van der Waals surface area contributed by atoms with E-state index in [1.165, 1.54) is 24.2 Å². The molecule has 1 saturated heterocycles. The summed E-state index contributed by atoms with van der Waals surface area (Å²) >= 11 is 0. The molecule has 0 bridgehead atoms. The van der Waals surface area contributed by atoms with Gasteiger partial charge < -0.3 is 0 Å². The van der Waals surface area contributed by atoms with Gasteiger partial charge in [-0.1, -0.05) is 45.0 Å². The first-order chi connectivity index (χ1) is 7.69. The van der Waals surface area contributed by atoms with E-state index in [0.717, 1.165) is 24.8 Å². The Morgan fingerprint density at radius 2 is 1.75 bits per heavy atom. The van der Waals surface area contributed by atoms with Crippen LogP contribution in [0, 0.1) is 11.8 Å². The monoisotopic (exact) mass is 217 g/mol. The third kappa shape index (κ3) is 2.65. The van der Waals surface area contributed by atoms with Gasteiger partial charge in [0.1, 0.15) is 0 Å². The highest BCUT2D eigenvalue weighted by molar-refractivity contribution is 5.23. The van der Waals surface area contributed by atoms with E-state index in [1.54, 1.807) is 0 Å². The fraction of sp³-hybridized carbons (Fsp3) is 0.600. The highest BCUT2D eigenvalue weighted by Crippen LogP contribution is 2.23. The summed E-state index contributed by atoms with van der Waals surface area (Å²) < 4.78 is 0. The Labute approximate surface area is 99.5 Å². The first-order valence-corrected chi connectivity index (χ1v) is 6.49. The third-order valence-corrected chi connectivity index (χ3v) is 3.87. The Morgan fingerprint density at radius 1 is 1.12 bits per heavy atom. The van der Waals surface area contributed by atoms with Crippen LogP contribution in [-0.4, -0.2) is 18.0 Å². The van der Waals surface area contributed by atoms with E-state index in [0.29, 0.717) is 0 Å². The molecule has 1 heterocycles. The molecule has 0 unspecified atom stereocenters. The van der Waals surface area contributed by atoms with Crippen LogP contribution in [-0.2, 0) is 13.0 Å². The van der Waals surface area contributed by atoms with Gasteiger partial charge in [0, 0.05) is 19.6 Å². The molecule has 1 aromatic carbocycles. The first kappa shape index (κ1) is 11.7. The van der Waals surface area contributed by atoms with E-state index in [-0.39, 0.29) is 0 Å². The van der Waals surface area contributed by atoms with E-state index >= 15 is 0 Å². The van der Waals surface area contributed by atoms with Gasteiger partial charge in [-0.3, -0.25) is 4.90 Å². The van der Waals surface area contributed by atoms with Crippen LogP contribution in [0.5, 0.6) is 0 Å². The molecule has 1 aliphatic heterocycles. The quantitative estimate of drug-likeness (QED) is 0.750. The van der Waals surface area contributed by atoms with Crippen LogP contribution in [0.2, 0.25) is 0 Å². The van der Waals surface area contributed by atoms with Crippen LogP contribution in [0.25, 0.3) is 0 Å². The summed E-state index contributed by atoms with van der Waals surface area (Å²) in [6.45, 7) is 10.6.